The van der Waals surface area contributed by atoms with Crippen molar-refractivity contribution >= 4 is 56.7 Å². The van der Waals surface area contributed by atoms with Crippen molar-refractivity contribution in [2.24, 2.45) is 0 Å². The minimum Gasteiger partial charge on any atom is -0.378 e. The van der Waals surface area contributed by atoms with Crippen molar-refractivity contribution < 1.29 is 9.53 Å². The lowest BCUT2D eigenvalue weighted by atomic mass is 10.1. The number of benzene rings is 1. The smallest absolute Gasteiger partial charge is 0.256 e. The number of aryl methyl sites for hydroxylation is 1. The summed E-state index contributed by atoms with van der Waals surface area (Å²) in [7, 11) is 0. The molecule has 1 amide bonds. The van der Waals surface area contributed by atoms with Gasteiger partial charge in [-0.15, -0.1) is 12.4 Å². The summed E-state index contributed by atoms with van der Waals surface area (Å²) in [5.74, 6) is 0.701. The quantitative estimate of drug-likeness (QED) is 0.624. The van der Waals surface area contributed by atoms with Gasteiger partial charge in [0, 0.05) is 41.0 Å². The van der Waals surface area contributed by atoms with Crippen molar-refractivity contribution in [3.8, 4) is 0 Å². The van der Waals surface area contributed by atoms with Gasteiger partial charge in [0.1, 0.15) is 0 Å². The molecule has 0 unspecified atom stereocenters. The first-order valence-corrected chi connectivity index (χ1v) is 9.29. The molecule has 2 aromatic heterocycles. The molecule has 0 bridgehead atoms. The van der Waals surface area contributed by atoms with Crippen LogP contribution in [0.5, 0.6) is 0 Å². The average Bonchev–Trinajstić information content (AvgIpc) is 3.05. The molecule has 1 fully saturated rings. The van der Waals surface area contributed by atoms with Crippen LogP contribution in [-0.2, 0) is 4.74 Å². The molecule has 0 saturated carbocycles. The molecule has 0 radical (unpaired) electrons. The second-order valence-electron chi connectivity index (χ2n) is 6.28. The number of H-pyrrole nitrogens is 1. The lowest BCUT2D eigenvalue weighted by molar-refractivity contribution is 0.0304. The molecule has 2 N–H and O–H groups in total. The van der Waals surface area contributed by atoms with Crippen LogP contribution in [-0.4, -0.2) is 47.1 Å². The number of amides is 1. The lowest BCUT2D eigenvalue weighted by Gasteiger charge is -2.27. The Hall–Kier alpha value is -2.09. The number of rotatable bonds is 3. The maximum Gasteiger partial charge on any atom is 0.256 e. The summed E-state index contributed by atoms with van der Waals surface area (Å²) >= 11 is 3.48. The fourth-order valence-electron chi connectivity index (χ4n) is 3.21. The number of carbonyl (C=O) groups excluding carboxylic acids is 1. The molecule has 3 heterocycles. The molecule has 0 aliphatic carbocycles. The van der Waals surface area contributed by atoms with Gasteiger partial charge in [-0.2, -0.15) is 0 Å². The summed E-state index contributed by atoms with van der Waals surface area (Å²) in [6, 6.07) is 7.88. The largest absolute Gasteiger partial charge is 0.378 e. The number of anilines is 2. The summed E-state index contributed by atoms with van der Waals surface area (Å²) in [5, 5.41) is 4.24. The molecular weight excluding hydrogens is 432 g/mol. The van der Waals surface area contributed by atoms with Crippen LogP contribution in [0.15, 0.2) is 41.1 Å². The van der Waals surface area contributed by atoms with E-state index < -0.39 is 0 Å². The first-order chi connectivity index (χ1) is 12.6. The van der Waals surface area contributed by atoms with Crippen molar-refractivity contribution in [1.82, 2.24) is 14.9 Å². The summed E-state index contributed by atoms with van der Waals surface area (Å²) in [6.07, 6.45) is 3.58. The zero-order chi connectivity index (χ0) is 18.1. The van der Waals surface area contributed by atoms with Crippen molar-refractivity contribution in [3.63, 3.8) is 0 Å². The molecule has 0 spiro atoms. The van der Waals surface area contributed by atoms with Gasteiger partial charge in [-0.25, -0.2) is 4.98 Å². The first-order valence-electron chi connectivity index (χ1n) is 8.50. The Labute approximate surface area is 171 Å². The number of aromatic amines is 1. The highest BCUT2D eigenvalue weighted by molar-refractivity contribution is 9.10. The molecule has 1 saturated heterocycles. The van der Waals surface area contributed by atoms with Gasteiger partial charge >= 0.3 is 0 Å². The fraction of sp³-hybridized carbons (Fsp3) is 0.263. The van der Waals surface area contributed by atoms with E-state index in [2.05, 4.69) is 31.2 Å². The Bertz CT molecular complexity index is 969. The Morgan fingerprint density at radius 1 is 1.33 bits per heavy atom. The Balaban J connectivity index is 0.00000210. The SMILES string of the molecule is Cc1c[nH]c2c(Nc3cccc(Br)c3)ncc(C(=O)N3CCOCC3)c12.Cl. The van der Waals surface area contributed by atoms with E-state index in [-0.39, 0.29) is 18.3 Å². The second kappa shape index (κ2) is 8.29. The van der Waals surface area contributed by atoms with Crippen LogP contribution >= 0.6 is 28.3 Å². The highest BCUT2D eigenvalue weighted by Crippen LogP contribution is 2.30. The maximum atomic E-state index is 13.0. The van der Waals surface area contributed by atoms with E-state index in [0.29, 0.717) is 37.7 Å². The van der Waals surface area contributed by atoms with Crippen LogP contribution in [0.3, 0.4) is 0 Å². The molecule has 27 heavy (non-hydrogen) atoms. The van der Waals surface area contributed by atoms with Gasteiger partial charge < -0.3 is 19.9 Å². The second-order valence-corrected chi connectivity index (χ2v) is 7.20. The number of aromatic nitrogens is 2. The number of nitrogens with zero attached hydrogens (tertiary/aromatic N) is 2. The fourth-order valence-corrected chi connectivity index (χ4v) is 3.61. The molecule has 1 aliphatic heterocycles. The molecule has 1 aromatic carbocycles. The van der Waals surface area contributed by atoms with E-state index in [4.69, 9.17) is 4.74 Å². The number of pyridine rings is 1. The summed E-state index contributed by atoms with van der Waals surface area (Å²) in [6.45, 7) is 4.38. The van der Waals surface area contributed by atoms with E-state index in [9.17, 15) is 4.79 Å². The maximum absolute atomic E-state index is 13.0. The van der Waals surface area contributed by atoms with Gasteiger partial charge in [-0.1, -0.05) is 22.0 Å². The third kappa shape index (κ3) is 3.95. The van der Waals surface area contributed by atoms with Crippen molar-refractivity contribution in [3.05, 3.63) is 52.3 Å². The van der Waals surface area contributed by atoms with E-state index in [1.54, 1.807) is 6.20 Å². The van der Waals surface area contributed by atoms with Crippen molar-refractivity contribution in [1.29, 1.82) is 0 Å². The third-order valence-corrected chi connectivity index (χ3v) is 5.02. The number of halogens is 2. The molecule has 8 heteroatoms. The number of carbonyl (C=O) groups is 1. The van der Waals surface area contributed by atoms with Gasteiger partial charge in [-0.3, -0.25) is 4.79 Å². The molecule has 3 aromatic rings. The van der Waals surface area contributed by atoms with E-state index in [0.717, 1.165) is 26.6 Å². The topological polar surface area (TPSA) is 70.2 Å². The zero-order valence-corrected chi connectivity index (χ0v) is 17.2. The molecule has 0 atom stereocenters. The standard InChI is InChI=1S/C19H19BrN4O2.ClH/c1-12-10-21-17-16(12)15(19(25)24-5-7-26-8-6-24)11-22-18(17)23-14-4-2-3-13(20)9-14;/h2-4,9-11,21H,5-8H2,1H3,(H,22,23);1H. The van der Waals surface area contributed by atoms with E-state index >= 15 is 0 Å². The van der Waals surface area contributed by atoms with Crippen LogP contribution in [0.4, 0.5) is 11.5 Å². The normalized spacial score (nSPS) is 14.1. The first kappa shape index (κ1) is 19.7. The number of fused-ring (bicyclic) bond motifs is 1. The summed E-state index contributed by atoms with van der Waals surface area (Å²) < 4.78 is 6.33. The molecular formula is C19H20BrClN4O2. The molecule has 6 nitrogen and oxygen atoms in total. The van der Waals surface area contributed by atoms with Gasteiger partial charge in [0.15, 0.2) is 5.82 Å². The minimum absolute atomic E-state index is 0. The number of ether oxygens (including phenoxy) is 1. The Kier molecular flexibility index (Phi) is 6.04. The van der Waals surface area contributed by atoms with E-state index in [1.165, 1.54) is 0 Å². The highest BCUT2D eigenvalue weighted by atomic mass is 79.9. The number of hydrogen-bond acceptors (Lipinski definition) is 4. The predicted molar refractivity (Wildman–Crippen MR) is 112 cm³/mol. The minimum atomic E-state index is 0. The molecule has 4 rings (SSSR count). The predicted octanol–water partition coefficient (Wildman–Crippen LogP) is 4.27. The summed E-state index contributed by atoms with van der Waals surface area (Å²) in [5.41, 5.74) is 3.41. The number of hydrogen-bond donors (Lipinski definition) is 2. The molecule has 1 aliphatic rings. The Morgan fingerprint density at radius 3 is 2.85 bits per heavy atom. The van der Waals surface area contributed by atoms with Gasteiger partial charge in [0.25, 0.3) is 5.91 Å². The zero-order valence-electron chi connectivity index (χ0n) is 14.8. The average molecular weight is 452 g/mol. The van der Waals surface area contributed by atoms with Crippen LogP contribution < -0.4 is 5.32 Å². The van der Waals surface area contributed by atoms with Gasteiger partial charge in [0.05, 0.1) is 24.3 Å². The van der Waals surface area contributed by atoms with Crippen LogP contribution in [0, 0.1) is 6.92 Å². The number of morpholine rings is 1. The molecule has 142 valence electrons. The summed E-state index contributed by atoms with van der Waals surface area (Å²) in [4.78, 5) is 22.6. The van der Waals surface area contributed by atoms with Gasteiger partial charge in [-0.05, 0) is 30.7 Å². The van der Waals surface area contributed by atoms with Crippen LogP contribution in [0.25, 0.3) is 10.9 Å². The van der Waals surface area contributed by atoms with Crippen molar-refractivity contribution in [2.45, 2.75) is 6.92 Å². The number of nitrogens with one attached hydrogen (secondary N) is 2. The van der Waals surface area contributed by atoms with E-state index in [1.807, 2.05) is 42.3 Å². The Morgan fingerprint density at radius 2 is 2.11 bits per heavy atom. The van der Waals surface area contributed by atoms with Crippen LogP contribution in [0.1, 0.15) is 15.9 Å². The van der Waals surface area contributed by atoms with Gasteiger partial charge in [0.2, 0.25) is 0 Å². The van der Waals surface area contributed by atoms with Crippen molar-refractivity contribution in [2.75, 3.05) is 31.6 Å². The monoisotopic (exact) mass is 450 g/mol. The van der Waals surface area contributed by atoms with Crippen LogP contribution in [0.2, 0.25) is 0 Å². The third-order valence-electron chi connectivity index (χ3n) is 4.52. The lowest BCUT2D eigenvalue weighted by Crippen LogP contribution is -2.40. The highest BCUT2D eigenvalue weighted by Gasteiger charge is 2.23.